The molecule has 0 spiro atoms. The van der Waals surface area contributed by atoms with Gasteiger partial charge in [-0.05, 0) is 72.0 Å². The van der Waals surface area contributed by atoms with Crippen LogP contribution >= 0.6 is 57.7 Å². The summed E-state index contributed by atoms with van der Waals surface area (Å²) in [6, 6.07) is 17.9. The molecule has 0 amide bonds. The molecule has 0 radical (unpaired) electrons. The number of fused-ring (bicyclic) bond motifs is 1. The predicted molar refractivity (Wildman–Crippen MR) is 152 cm³/mol. The number of nitrogens with one attached hydrogen (secondary N) is 1. The Labute approximate surface area is 233 Å². The van der Waals surface area contributed by atoms with E-state index in [-0.39, 0.29) is 16.8 Å². The molecular weight excluding hydrogens is 580 g/mol. The van der Waals surface area contributed by atoms with E-state index in [1.807, 2.05) is 30.3 Å². The zero-order valence-electron chi connectivity index (χ0n) is 18.8. The molecule has 3 aromatic carbocycles. The van der Waals surface area contributed by atoms with Crippen LogP contribution in [0.5, 0.6) is 0 Å². The highest BCUT2D eigenvalue weighted by molar-refractivity contribution is 7.91. The van der Waals surface area contributed by atoms with E-state index >= 15 is 0 Å². The molecule has 0 aliphatic carbocycles. The first kappa shape index (κ1) is 25.8. The molecule has 11 heteroatoms. The summed E-state index contributed by atoms with van der Waals surface area (Å²) in [7, 11) is -3.77. The summed E-state index contributed by atoms with van der Waals surface area (Å²) in [4.78, 5) is 0. The van der Waals surface area contributed by atoms with Gasteiger partial charge in [0.05, 0.1) is 29.0 Å². The van der Waals surface area contributed by atoms with Crippen molar-refractivity contribution >= 4 is 89.2 Å². The van der Waals surface area contributed by atoms with E-state index < -0.39 is 10.0 Å². The smallest absolute Gasteiger partial charge is 0.250 e. The third-order valence-corrected chi connectivity index (χ3v) is 10.3. The van der Waals surface area contributed by atoms with E-state index in [0.717, 1.165) is 15.6 Å². The third-order valence-electron chi connectivity index (χ3n) is 5.95. The lowest BCUT2D eigenvalue weighted by Gasteiger charge is -2.25. The van der Waals surface area contributed by atoms with Crippen molar-refractivity contribution in [2.45, 2.75) is 23.6 Å². The van der Waals surface area contributed by atoms with Crippen LogP contribution in [0.4, 0.5) is 5.69 Å². The molecule has 1 N–H and O–H groups in total. The molecule has 0 saturated heterocycles. The molecule has 5 rings (SSSR count). The summed E-state index contributed by atoms with van der Waals surface area (Å²) >= 11 is 26.0. The van der Waals surface area contributed by atoms with Gasteiger partial charge in [0.15, 0.2) is 0 Å². The number of hydrogen-bond donors (Lipinski definition) is 1. The van der Waals surface area contributed by atoms with E-state index in [4.69, 9.17) is 51.5 Å². The van der Waals surface area contributed by atoms with Gasteiger partial charge < -0.3 is 0 Å². The molecular formula is C25H19Cl4N3O2S2. The lowest BCUT2D eigenvalue weighted by Crippen LogP contribution is -2.29. The highest BCUT2D eigenvalue weighted by Crippen LogP contribution is 2.40. The summed E-state index contributed by atoms with van der Waals surface area (Å²) in [5.41, 5.74) is 3.00. The Kier molecular flexibility index (Phi) is 7.26. The zero-order chi connectivity index (χ0) is 25.6. The van der Waals surface area contributed by atoms with Crippen molar-refractivity contribution in [3.63, 3.8) is 0 Å². The van der Waals surface area contributed by atoms with Gasteiger partial charge in [-0.1, -0.05) is 58.5 Å². The largest absolute Gasteiger partial charge is 0.256 e. The summed E-state index contributed by atoms with van der Waals surface area (Å²) in [5, 5.41) is 9.54. The Bertz CT molecular complexity index is 1600. The second kappa shape index (κ2) is 10.1. The monoisotopic (exact) mass is 597 g/mol. The lowest BCUT2D eigenvalue weighted by atomic mass is 10.0. The fourth-order valence-corrected chi connectivity index (χ4v) is 7.78. The average molecular weight is 599 g/mol. The van der Waals surface area contributed by atoms with Gasteiger partial charge in [0.25, 0.3) is 10.0 Å². The van der Waals surface area contributed by atoms with Crippen LogP contribution in [0.25, 0.3) is 10.1 Å². The van der Waals surface area contributed by atoms with Crippen LogP contribution in [0.15, 0.2) is 70.0 Å². The number of thiophene rings is 1. The maximum Gasteiger partial charge on any atom is 0.250 e. The van der Waals surface area contributed by atoms with Crippen molar-refractivity contribution < 1.29 is 8.42 Å². The van der Waals surface area contributed by atoms with Crippen LogP contribution in [-0.4, -0.2) is 20.7 Å². The topological polar surface area (TPSA) is 61.8 Å². The Morgan fingerprint density at radius 1 is 0.972 bits per heavy atom. The summed E-state index contributed by atoms with van der Waals surface area (Å²) in [6.07, 6.45) is 0.504. The number of hydrazone groups is 1. The fourth-order valence-electron chi connectivity index (χ4n) is 4.18. The second-order valence-corrected chi connectivity index (χ2v) is 13.1. The van der Waals surface area contributed by atoms with E-state index in [1.165, 1.54) is 11.3 Å². The molecule has 0 saturated carbocycles. The molecule has 2 heterocycles. The Balaban J connectivity index is 1.43. The number of nitrogens with zero attached hydrogens (tertiary/aromatic N) is 2. The maximum absolute atomic E-state index is 13.2. The molecule has 5 nitrogen and oxygen atoms in total. The number of halogens is 4. The minimum Gasteiger partial charge on any atom is -0.256 e. The minimum atomic E-state index is -3.77. The number of rotatable bonds is 6. The molecule has 1 unspecified atom stereocenters. The summed E-state index contributed by atoms with van der Waals surface area (Å²) in [5.74, 6) is 0. The number of aryl methyl sites for hydroxylation is 1. The van der Waals surface area contributed by atoms with Gasteiger partial charge in [0.1, 0.15) is 4.21 Å². The Morgan fingerprint density at radius 2 is 1.64 bits per heavy atom. The first-order valence-corrected chi connectivity index (χ1v) is 14.7. The van der Waals surface area contributed by atoms with Gasteiger partial charge in [-0.2, -0.15) is 5.10 Å². The van der Waals surface area contributed by atoms with E-state index in [9.17, 15) is 8.42 Å². The van der Waals surface area contributed by atoms with Gasteiger partial charge in [-0.25, -0.2) is 13.1 Å². The first-order chi connectivity index (χ1) is 17.1. The average Bonchev–Trinajstić information content (AvgIpc) is 3.40. The fraction of sp³-hybridized carbons (Fsp3) is 0.160. The molecule has 0 fully saturated rings. The molecule has 1 atom stereocenters. The van der Waals surface area contributed by atoms with Crippen LogP contribution in [0.2, 0.25) is 20.1 Å². The zero-order valence-corrected chi connectivity index (χ0v) is 23.5. The van der Waals surface area contributed by atoms with Crippen molar-refractivity contribution in [1.82, 2.24) is 4.72 Å². The molecule has 1 aromatic heterocycles. The van der Waals surface area contributed by atoms with Gasteiger partial charge in [0, 0.05) is 26.2 Å². The second-order valence-electron chi connectivity index (χ2n) is 8.36. The number of hydrogen-bond acceptors (Lipinski definition) is 5. The van der Waals surface area contributed by atoms with E-state index in [1.54, 1.807) is 42.3 Å². The maximum atomic E-state index is 13.2. The summed E-state index contributed by atoms with van der Waals surface area (Å²) < 4.78 is 30.3. The lowest BCUT2D eigenvalue weighted by molar-refractivity contribution is 0.588. The van der Waals surface area contributed by atoms with Gasteiger partial charge in [0.2, 0.25) is 0 Å². The van der Waals surface area contributed by atoms with Crippen molar-refractivity contribution in [3.8, 4) is 0 Å². The molecule has 1 aliphatic rings. The van der Waals surface area contributed by atoms with Gasteiger partial charge in [-0.3, -0.25) is 5.01 Å². The standard InChI is InChI=1S/C25H19Cl4N3O2S2/c1-14-20-10-17(27)7-9-24(20)35-25(14)36(33,34)30-13-19-12-23(15-2-4-16(26)5-3-15)32(31-19)22-8-6-18(28)11-21(22)29/h2-11,23,30H,12-13H2,1H3. The Morgan fingerprint density at radius 3 is 2.36 bits per heavy atom. The van der Waals surface area contributed by atoms with Crippen LogP contribution in [0, 0.1) is 6.92 Å². The number of benzene rings is 3. The van der Waals surface area contributed by atoms with Crippen LogP contribution in [0.3, 0.4) is 0 Å². The number of anilines is 1. The molecule has 36 heavy (non-hydrogen) atoms. The number of sulfonamides is 1. The Hall–Kier alpha value is -1.84. The van der Waals surface area contributed by atoms with Crippen LogP contribution in [-0.2, 0) is 10.0 Å². The van der Waals surface area contributed by atoms with Gasteiger partial charge in [-0.15, -0.1) is 11.3 Å². The quantitative estimate of drug-likeness (QED) is 0.244. The van der Waals surface area contributed by atoms with Crippen molar-refractivity contribution in [2.24, 2.45) is 5.10 Å². The van der Waals surface area contributed by atoms with E-state index in [0.29, 0.717) is 43.5 Å². The predicted octanol–water partition coefficient (Wildman–Crippen LogP) is 8.11. The van der Waals surface area contributed by atoms with Gasteiger partial charge >= 0.3 is 0 Å². The third kappa shape index (κ3) is 5.11. The highest BCUT2D eigenvalue weighted by Gasteiger charge is 2.31. The van der Waals surface area contributed by atoms with Crippen molar-refractivity contribution in [2.75, 3.05) is 11.6 Å². The normalized spacial score (nSPS) is 16.1. The first-order valence-electron chi connectivity index (χ1n) is 10.9. The highest BCUT2D eigenvalue weighted by atomic mass is 35.5. The molecule has 1 aliphatic heterocycles. The SMILES string of the molecule is Cc1c(S(=O)(=O)NCC2=NN(c3ccc(Cl)cc3Cl)C(c3ccc(Cl)cc3)C2)sc2ccc(Cl)cc12. The van der Waals surface area contributed by atoms with Crippen LogP contribution in [0.1, 0.15) is 23.6 Å². The summed E-state index contributed by atoms with van der Waals surface area (Å²) in [6.45, 7) is 1.85. The molecule has 4 aromatic rings. The molecule has 186 valence electrons. The van der Waals surface area contributed by atoms with E-state index in [2.05, 4.69) is 4.72 Å². The van der Waals surface area contributed by atoms with Crippen molar-refractivity contribution in [1.29, 1.82) is 0 Å². The van der Waals surface area contributed by atoms with Crippen molar-refractivity contribution in [3.05, 3.63) is 91.9 Å². The van der Waals surface area contributed by atoms with Crippen LogP contribution < -0.4 is 9.73 Å². The molecule has 0 bridgehead atoms. The minimum absolute atomic E-state index is 0.0581.